The zero-order valence-electron chi connectivity index (χ0n) is 9.63. The van der Waals surface area contributed by atoms with Gasteiger partial charge in [0.15, 0.2) is 5.75 Å². The number of hydrogen-bond donors (Lipinski definition) is 0. The van der Waals surface area contributed by atoms with Crippen molar-refractivity contribution < 1.29 is 4.74 Å². The molecule has 1 aromatic heterocycles. The third-order valence-electron chi connectivity index (χ3n) is 2.52. The molecule has 2 aromatic rings. The van der Waals surface area contributed by atoms with E-state index in [1.807, 2.05) is 18.2 Å². The molecule has 18 heavy (non-hydrogen) atoms. The summed E-state index contributed by atoms with van der Waals surface area (Å²) in [6.07, 6.45) is 3.90. The molecule has 0 unspecified atom stereocenters. The Hall–Kier alpha value is -0.0700. The normalized spacial score (nSPS) is 10.8. The molecule has 5 heteroatoms. The number of halogens is 3. The zero-order chi connectivity index (χ0) is 13.0. The van der Waals surface area contributed by atoms with Gasteiger partial charge in [-0.05, 0) is 53.6 Å². The first-order chi connectivity index (χ1) is 8.74. The Balaban J connectivity index is 2.31. The van der Waals surface area contributed by atoms with Crippen LogP contribution >= 0.6 is 50.1 Å². The molecule has 1 aromatic carbocycles. The summed E-state index contributed by atoms with van der Waals surface area (Å²) in [5.41, 5.74) is 0.841. The van der Waals surface area contributed by atoms with Crippen LogP contribution in [0.1, 0.15) is 12.8 Å². The fourth-order valence-electron chi connectivity index (χ4n) is 1.65. The average molecular weight is 441 g/mol. The molecular formula is C13H12BrClINO. The third kappa shape index (κ3) is 3.27. The molecular weight excluding hydrogens is 428 g/mol. The molecule has 0 atom stereocenters. The minimum absolute atomic E-state index is 0.703. The Bertz CT molecular complexity index is 550. The average Bonchev–Trinajstić information content (AvgIpc) is 2.38. The SMILES string of the molecule is Clc1cc(I)c(OCCCCBr)c2ncccc12. The molecule has 0 amide bonds. The monoisotopic (exact) mass is 439 g/mol. The van der Waals surface area contributed by atoms with E-state index in [1.165, 1.54) is 0 Å². The number of benzene rings is 1. The van der Waals surface area contributed by atoms with Crippen molar-refractivity contribution in [3.05, 3.63) is 33.0 Å². The van der Waals surface area contributed by atoms with Gasteiger partial charge < -0.3 is 4.74 Å². The van der Waals surface area contributed by atoms with Gasteiger partial charge in [-0.2, -0.15) is 0 Å². The van der Waals surface area contributed by atoms with Crippen LogP contribution in [0.15, 0.2) is 24.4 Å². The highest BCUT2D eigenvalue weighted by atomic mass is 127. The van der Waals surface area contributed by atoms with Gasteiger partial charge >= 0.3 is 0 Å². The second-order valence-corrected chi connectivity index (χ2v) is 6.18. The van der Waals surface area contributed by atoms with Crippen LogP contribution in [0.4, 0.5) is 0 Å². The van der Waals surface area contributed by atoms with Gasteiger partial charge in [0, 0.05) is 16.9 Å². The first kappa shape index (κ1) is 14.3. The second-order valence-electron chi connectivity index (χ2n) is 3.81. The van der Waals surface area contributed by atoms with Crippen molar-refractivity contribution >= 4 is 61.0 Å². The lowest BCUT2D eigenvalue weighted by Gasteiger charge is -2.11. The number of ether oxygens (including phenoxy) is 1. The molecule has 0 saturated carbocycles. The molecule has 2 rings (SSSR count). The van der Waals surface area contributed by atoms with Crippen LogP contribution in [0.25, 0.3) is 10.9 Å². The van der Waals surface area contributed by atoms with Crippen LogP contribution in [0.3, 0.4) is 0 Å². The number of nitrogens with zero attached hydrogens (tertiary/aromatic N) is 1. The Morgan fingerprint density at radius 3 is 3.00 bits per heavy atom. The van der Waals surface area contributed by atoms with Crippen molar-refractivity contribution in [2.75, 3.05) is 11.9 Å². The molecule has 2 nitrogen and oxygen atoms in total. The van der Waals surface area contributed by atoms with E-state index in [0.29, 0.717) is 6.61 Å². The van der Waals surface area contributed by atoms with Gasteiger partial charge in [-0.25, -0.2) is 0 Å². The molecule has 0 bridgehead atoms. The molecule has 0 aliphatic heterocycles. The first-order valence-electron chi connectivity index (χ1n) is 5.65. The highest BCUT2D eigenvalue weighted by Gasteiger charge is 2.11. The minimum atomic E-state index is 0.703. The van der Waals surface area contributed by atoms with Crippen LogP contribution in [0.2, 0.25) is 5.02 Å². The maximum Gasteiger partial charge on any atom is 0.158 e. The van der Waals surface area contributed by atoms with Gasteiger partial charge in [-0.3, -0.25) is 4.98 Å². The number of pyridine rings is 1. The van der Waals surface area contributed by atoms with E-state index in [9.17, 15) is 0 Å². The number of alkyl halides is 1. The number of rotatable bonds is 5. The van der Waals surface area contributed by atoms with E-state index in [1.54, 1.807) is 6.20 Å². The molecule has 0 aliphatic rings. The Labute approximate surface area is 133 Å². The Morgan fingerprint density at radius 1 is 1.39 bits per heavy atom. The van der Waals surface area contributed by atoms with Gasteiger partial charge in [0.2, 0.25) is 0 Å². The Kier molecular flexibility index (Phi) is 5.51. The fraction of sp³-hybridized carbons (Fsp3) is 0.308. The summed E-state index contributed by atoms with van der Waals surface area (Å²) in [4.78, 5) is 4.38. The van der Waals surface area contributed by atoms with Gasteiger partial charge in [0.1, 0.15) is 5.52 Å². The molecule has 0 fully saturated rings. The summed E-state index contributed by atoms with van der Waals surface area (Å²) < 4.78 is 6.86. The lowest BCUT2D eigenvalue weighted by molar-refractivity contribution is 0.311. The molecule has 0 aliphatic carbocycles. The van der Waals surface area contributed by atoms with Crippen LogP contribution in [0.5, 0.6) is 5.75 Å². The summed E-state index contributed by atoms with van der Waals surface area (Å²) in [6, 6.07) is 5.77. The summed E-state index contributed by atoms with van der Waals surface area (Å²) in [5.74, 6) is 0.838. The van der Waals surface area contributed by atoms with Crippen molar-refractivity contribution in [1.29, 1.82) is 0 Å². The van der Waals surface area contributed by atoms with Crippen molar-refractivity contribution in [1.82, 2.24) is 4.98 Å². The highest BCUT2D eigenvalue weighted by Crippen LogP contribution is 2.34. The van der Waals surface area contributed by atoms with Crippen molar-refractivity contribution in [2.45, 2.75) is 12.8 Å². The number of unbranched alkanes of at least 4 members (excludes halogenated alkanes) is 1. The molecule has 1 heterocycles. The Morgan fingerprint density at radius 2 is 2.22 bits per heavy atom. The largest absolute Gasteiger partial charge is 0.490 e. The second kappa shape index (κ2) is 6.91. The standard InChI is InChI=1S/C13H12BrClINO/c14-5-1-2-7-18-13-11(16)8-10(15)9-4-3-6-17-12(9)13/h3-4,6,8H,1-2,5,7H2. The van der Waals surface area contributed by atoms with E-state index in [-0.39, 0.29) is 0 Å². The minimum Gasteiger partial charge on any atom is -0.490 e. The number of hydrogen-bond acceptors (Lipinski definition) is 2. The van der Waals surface area contributed by atoms with Crippen molar-refractivity contribution in [2.24, 2.45) is 0 Å². The van der Waals surface area contributed by atoms with E-state index in [2.05, 4.69) is 43.5 Å². The van der Waals surface area contributed by atoms with Gasteiger partial charge in [-0.15, -0.1) is 0 Å². The van der Waals surface area contributed by atoms with Crippen LogP contribution < -0.4 is 4.74 Å². The summed E-state index contributed by atoms with van der Waals surface area (Å²) in [7, 11) is 0. The molecule has 0 radical (unpaired) electrons. The number of fused-ring (bicyclic) bond motifs is 1. The van der Waals surface area contributed by atoms with Gasteiger partial charge in [-0.1, -0.05) is 27.5 Å². The van der Waals surface area contributed by atoms with Crippen molar-refractivity contribution in [3.8, 4) is 5.75 Å². The van der Waals surface area contributed by atoms with Gasteiger partial charge in [0.25, 0.3) is 0 Å². The number of aromatic nitrogens is 1. The summed E-state index contributed by atoms with van der Waals surface area (Å²) in [6.45, 7) is 0.703. The maximum absolute atomic E-state index is 6.21. The fourth-order valence-corrected chi connectivity index (χ4v) is 3.22. The van der Waals surface area contributed by atoms with E-state index in [4.69, 9.17) is 16.3 Å². The van der Waals surface area contributed by atoms with E-state index >= 15 is 0 Å². The van der Waals surface area contributed by atoms with Crippen LogP contribution in [0, 0.1) is 3.57 Å². The predicted molar refractivity (Wildman–Crippen MR) is 88.0 cm³/mol. The van der Waals surface area contributed by atoms with E-state index in [0.717, 1.165) is 43.4 Å². The lowest BCUT2D eigenvalue weighted by Crippen LogP contribution is -2.01. The quantitative estimate of drug-likeness (QED) is 0.369. The highest BCUT2D eigenvalue weighted by molar-refractivity contribution is 14.1. The first-order valence-corrected chi connectivity index (χ1v) is 8.23. The summed E-state index contributed by atoms with van der Waals surface area (Å²) in [5, 5.41) is 2.66. The molecule has 96 valence electrons. The molecule has 0 saturated heterocycles. The molecule has 0 spiro atoms. The zero-order valence-corrected chi connectivity index (χ0v) is 14.1. The predicted octanol–water partition coefficient (Wildman–Crippen LogP) is 5.05. The summed E-state index contributed by atoms with van der Waals surface area (Å²) >= 11 is 11.9. The van der Waals surface area contributed by atoms with Crippen molar-refractivity contribution in [3.63, 3.8) is 0 Å². The third-order valence-corrected chi connectivity index (χ3v) is 4.20. The van der Waals surface area contributed by atoms with Gasteiger partial charge in [0.05, 0.1) is 15.2 Å². The maximum atomic E-state index is 6.21. The lowest BCUT2D eigenvalue weighted by atomic mass is 10.2. The molecule has 0 N–H and O–H groups in total. The topological polar surface area (TPSA) is 22.1 Å². The smallest absolute Gasteiger partial charge is 0.158 e. The van der Waals surface area contributed by atoms with E-state index < -0.39 is 0 Å². The van der Waals surface area contributed by atoms with Crippen LogP contribution in [-0.2, 0) is 0 Å². The van der Waals surface area contributed by atoms with Crippen LogP contribution in [-0.4, -0.2) is 16.9 Å².